The molecule has 7 heteroatoms. The number of hydrogen-bond donors (Lipinski definition) is 2. The summed E-state index contributed by atoms with van der Waals surface area (Å²) in [5.41, 5.74) is -0.0782. The molecule has 2 N–H and O–H groups in total. The van der Waals surface area contributed by atoms with E-state index in [0.717, 1.165) is 17.0 Å². The maximum absolute atomic E-state index is 12.5. The first-order chi connectivity index (χ1) is 12.2. The molecule has 140 valence electrons. The van der Waals surface area contributed by atoms with Crippen molar-refractivity contribution < 1.29 is 23.1 Å². The molecule has 26 heavy (non-hydrogen) atoms. The maximum atomic E-state index is 12.5. The monoisotopic (exact) mass is 383 g/mol. The van der Waals surface area contributed by atoms with Crippen LogP contribution in [-0.2, 0) is 17.5 Å². The van der Waals surface area contributed by atoms with E-state index in [1.54, 1.807) is 23.9 Å². The molecule has 0 bridgehead atoms. The Balaban J connectivity index is 1.72. The number of amides is 1. The first-order valence-corrected chi connectivity index (χ1v) is 9.00. The molecule has 0 fully saturated rings. The van der Waals surface area contributed by atoms with Crippen LogP contribution in [0.3, 0.4) is 0 Å². The number of rotatable bonds is 7. The lowest BCUT2D eigenvalue weighted by atomic mass is 10.1. The Morgan fingerprint density at radius 2 is 1.73 bits per heavy atom. The van der Waals surface area contributed by atoms with Gasteiger partial charge in [0.1, 0.15) is 5.75 Å². The Hall–Kier alpha value is -2.15. The maximum Gasteiger partial charge on any atom is 0.416 e. The van der Waals surface area contributed by atoms with E-state index >= 15 is 0 Å². The minimum Gasteiger partial charge on any atom is -0.508 e. The molecule has 0 aromatic heterocycles. The standard InChI is InChI=1S/C19H20F3NO2S/c1-13(26-17-9-7-16(24)8-10-17)2-11-18(25)23-12-14-3-5-15(6-4-14)19(20,21)22/h3-10,13,24H,2,11-12H2,1H3,(H,23,25). The van der Waals surface area contributed by atoms with E-state index in [-0.39, 0.29) is 23.5 Å². The largest absolute Gasteiger partial charge is 0.508 e. The summed E-state index contributed by atoms with van der Waals surface area (Å²) in [4.78, 5) is 12.9. The van der Waals surface area contributed by atoms with Gasteiger partial charge in [0.25, 0.3) is 0 Å². The van der Waals surface area contributed by atoms with Crippen LogP contribution < -0.4 is 5.32 Å². The topological polar surface area (TPSA) is 49.3 Å². The number of carbonyl (C=O) groups is 1. The van der Waals surface area contributed by atoms with E-state index in [1.807, 2.05) is 19.1 Å². The van der Waals surface area contributed by atoms with Crippen molar-refractivity contribution in [3.8, 4) is 5.75 Å². The molecule has 0 aliphatic carbocycles. The summed E-state index contributed by atoms with van der Waals surface area (Å²) in [6.45, 7) is 2.22. The Morgan fingerprint density at radius 3 is 2.31 bits per heavy atom. The lowest BCUT2D eigenvalue weighted by Gasteiger charge is -2.12. The third kappa shape index (κ3) is 6.63. The second kappa shape index (κ2) is 8.98. The van der Waals surface area contributed by atoms with Crippen molar-refractivity contribution in [2.24, 2.45) is 0 Å². The number of aromatic hydroxyl groups is 1. The predicted octanol–water partition coefficient (Wildman–Crippen LogP) is 4.99. The van der Waals surface area contributed by atoms with Gasteiger partial charge in [0.2, 0.25) is 5.91 Å². The molecule has 0 heterocycles. The molecule has 0 saturated heterocycles. The molecule has 0 radical (unpaired) electrons. The second-order valence-electron chi connectivity index (χ2n) is 5.93. The van der Waals surface area contributed by atoms with Gasteiger partial charge in [-0.15, -0.1) is 11.8 Å². The third-order valence-corrected chi connectivity index (χ3v) is 4.91. The lowest BCUT2D eigenvalue weighted by molar-refractivity contribution is -0.137. The van der Waals surface area contributed by atoms with Crippen LogP contribution in [0.5, 0.6) is 5.75 Å². The number of benzene rings is 2. The molecule has 2 aromatic rings. The number of carbonyl (C=O) groups excluding carboxylic acids is 1. The van der Waals surface area contributed by atoms with Crippen molar-refractivity contribution in [3.05, 3.63) is 59.7 Å². The minimum absolute atomic E-state index is 0.136. The number of thioether (sulfide) groups is 1. The second-order valence-corrected chi connectivity index (χ2v) is 7.44. The van der Waals surface area contributed by atoms with Crippen LogP contribution in [-0.4, -0.2) is 16.3 Å². The molecule has 1 unspecified atom stereocenters. The van der Waals surface area contributed by atoms with Gasteiger partial charge in [-0.25, -0.2) is 0 Å². The molecule has 0 spiro atoms. The van der Waals surface area contributed by atoms with E-state index in [0.29, 0.717) is 18.4 Å². The summed E-state index contributed by atoms with van der Waals surface area (Å²) in [6, 6.07) is 11.6. The van der Waals surface area contributed by atoms with Crippen LogP contribution in [0, 0.1) is 0 Å². The van der Waals surface area contributed by atoms with Gasteiger partial charge in [0.05, 0.1) is 5.56 Å². The molecule has 2 rings (SSSR count). The van der Waals surface area contributed by atoms with Gasteiger partial charge >= 0.3 is 6.18 Å². The fourth-order valence-corrected chi connectivity index (χ4v) is 3.24. The van der Waals surface area contributed by atoms with Crippen LogP contribution in [0.15, 0.2) is 53.4 Å². The number of alkyl halides is 3. The zero-order valence-corrected chi connectivity index (χ0v) is 15.0. The highest BCUT2D eigenvalue weighted by atomic mass is 32.2. The summed E-state index contributed by atoms with van der Waals surface area (Å²) in [5, 5.41) is 12.2. The van der Waals surface area contributed by atoms with Crippen LogP contribution >= 0.6 is 11.8 Å². The van der Waals surface area contributed by atoms with Gasteiger partial charge in [-0.3, -0.25) is 4.79 Å². The van der Waals surface area contributed by atoms with Crippen LogP contribution in [0.2, 0.25) is 0 Å². The van der Waals surface area contributed by atoms with Gasteiger partial charge in [-0.05, 0) is 48.4 Å². The molecule has 2 aromatic carbocycles. The van der Waals surface area contributed by atoms with E-state index in [4.69, 9.17) is 0 Å². The van der Waals surface area contributed by atoms with E-state index < -0.39 is 11.7 Å². The summed E-state index contributed by atoms with van der Waals surface area (Å²) < 4.78 is 37.5. The number of phenols is 1. The zero-order chi connectivity index (χ0) is 19.2. The summed E-state index contributed by atoms with van der Waals surface area (Å²) in [6.07, 6.45) is -3.34. The number of hydrogen-bond acceptors (Lipinski definition) is 3. The Morgan fingerprint density at radius 1 is 1.12 bits per heavy atom. The smallest absolute Gasteiger partial charge is 0.416 e. The number of nitrogens with one attached hydrogen (secondary N) is 1. The highest BCUT2D eigenvalue weighted by molar-refractivity contribution is 7.99. The molecular formula is C19H20F3NO2S. The molecule has 1 atom stereocenters. The normalized spacial score (nSPS) is 12.6. The van der Waals surface area contributed by atoms with Gasteiger partial charge in [-0.2, -0.15) is 13.2 Å². The average Bonchev–Trinajstić information content (AvgIpc) is 2.60. The van der Waals surface area contributed by atoms with E-state index in [2.05, 4.69) is 5.32 Å². The SMILES string of the molecule is CC(CCC(=O)NCc1ccc(C(F)(F)F)cc1)Sc1ccc(O)cc1. The third-order valence-electron chi connectivity index (χ3n) is 3.72. The summed E-state index contributed by atoms with van der Waals surface area (Å²) >= 11 is 1.61. The number of halogens is 3. The first kappa shape index (κ1) is 20.2. The zero-order valence-electron chi connectivity index (χ0n) is 14.2. The summed E-state index contributed by atoms with van der Waals surface area (Å²) in [5.74, 6) is 0.0766. The Kier molecular flexibility index (Phi) is 6.97. The molecular weight excluding hydrogens is 363 g/mol. The fourth-order valence-electron chi connectivity index (χ4n) is 2.25. The minimum atomic E-state index is -4.35. The quantitative estimate of drug-likeness (QED) is 0.663. The van der Waals surface area contributed by atoms with Gasteiger partial charge in [-0.1, -0.05) is 19.1 Å². The molecule has 1 amide bonds. The summed E-state index contributed by atoms with van der Waals surface area (Å²) in [7, 11) is 0. The lowest BCUT2D eigenvalue weighted by Crippen LogP contribution is -2.23. The van der Waals surface area contributed by atoms with Gasteiger partial charge in [0, 0.05) is 23.1 Å². The van der Waals surface area contributed by atoms with Crippen molar-refractivity contribution in [1.82, 2.24) is 5.32 Å². The van der Waals surface area contributed by atoms with Crippen LogP contribution in [0.25, 0.3) is 0 Å². The molecule has 3 nitrogen and oxygen atoms in total. The predicted molar refractivity (Wildman–Crippen MR) is 96.0 cm³/mol. The van der Waals surface area contributed by atoms with Crippen molar-refractivity contribution in [1.29, 1.82) is 0 Å². The molecule has 0 aliphatic heterocycles. The van der Waals surface area contributed by atoms with Crippen molar-refractivity contribution in [3.63, 3.8) is 0 Å². The van der Waals surface area contributed by atoms with Gasteiger partial charge < -0.3 is 10.4 Å². The highest BCUT2D eigenvalue weighted by Crippen LogP contribution is 2.29. The van der Waals surface area contributed by atoms with Crippen LogP contribution in [0.4, 0.5) is 13.2 Å². The van der Waals surface area contributed by atoms with Crippen molar-refractivity contribution in [2.75, 3.05) is 0 Å². The number of phenolic OH excluding ortho intramolecular Hbond substituents is 1. The Labute approximate surface area is 154 Å². The first-order valence-electron chi connectivity index (χ1n) is 8.12. The van der Waals surface area contributed by atoms with Gasteiger partial charge in [0.15, 0.2) is 0 Å². The van der Waals surface area contributed by atoms with Crippen molar-refractivity contribution >= 4 is 17.7 Å². The molecule has 0 saturated carbocycles. The van der Waals surface area contributed by atoms with E-state index in [1.165, 1.54) is 12.1 Å². The molecule has 0 aliphatic rings. The van der Waals surface area contributed by atoms with E-state index in [9.17, 15) is 23.1 Å². The Bertz CT molecular complexity index is 715. The van der Waals surface area contributed by atoms with Crippen LogP contribution in [0.1, 0.15) is 30.9 Å². The fraction of sp³-hybridized carbons (Fsp3) is 0.316. The van der Waals surface area contributed by atoms with Crippen molar-refractivity contribution in [2.45, 2.75) is 42.6 Å². The average molecular weight is 383 g/mol. The highest BCUT2D eigenvalue weighted by Gasteiger charge is 2.29.